The van der Waals surface area contributed by atoms with Crippen LogP contribution in [0.4, 0.5) is 17.6 Å². The first-order valence-electron chi connectivity index (χ1n) is 9.52. The molecule has 0 spiro atoms. The van der Waals surface area contributed by atoms with Crippen LogP contribution in [0.1, 0.15) is 26.6 Å². The van der Waals surface area contributed by atoms with Crippen LogP contribution in [-0.4, -0.2) is 27.3 Å². The van der Waals surface area contributed by atoms with E-state index in [0.29, 0.717) is 41.3 Å². The van der Waals surface area contributed by atoms with E-state index in [1.807, 2.05) is 0 Å². The number of alkyl halides is 3. The Balaban J connectivity index is 1.37. The lowest BCUT2D eigenvalue weighted by atomic mass is 10.1. The number of carbonyl (C=O) groups is 1. The van der Waals surface area contributed by atoms with Crippen molar-refractivity contribution in [2.24, 2.45) is 0 Å². The average molecular weight is 445 g/mol. The van der Waals surface area contributed by atoms with Crippen LogP contribution in [0.25, 0.3) is 21.5 Å². The van der Waals surface area contributed by atoms with Crippen molar-refractivity contribution in [3.05, 3.63) is 76.2 Å². The van der Waals surface area contributed by atoms with E-state index in [1.165, 1.54) is 35.6 Å². The van der Waals surface area contributed by atoms with Gasteiger partial charge >= 0.3 is 6.18 Å². The van der Waals surface area contributed by atoms with Crippen LogP contribution in [0.5, 0.6) is 0 Å². The summed E-state index contributed by atoms with van der Waals surface area (Å²) in [6.45, 7) is 0.849. The molecule has 0 atom stereocenters. The van der Waals surface area contributed by atoms with E-state index in [0.717, 1.165) is 28.1 Å². The molecule has 31 heavy (non-hydrogen) atoms. The maximum Gasteiger partial charge on any atom is 0.416 e. The first-order chi connectivity index (χ1) is 14.8. The molecule has 0 saturated heterocycles. The molecule has 0 saturated carbocycles. The molecule has 1 aliphatic heterocycles. The van der Waals surface area contributed by atoms with Crippen LogP contribution in [0.2, 0.25) is 0 Å². The minimum Gasteiger partial charge on any atom is -0.350 e. The van der Waals surface area contributed by atoms with Crippen LogP contribution in [-0.2, 0) is 19.1 Å². The van der Waals surface area contributed by atoms with E-state index in [1.54, 1.807) is 17.0 Å². The number of amides is 1. The number of aromatic nitrogens is 2. The van der Waals surface area contributed by atoms with Crippen LogP contribution in [0.15, 0.2) is 48.5 Å². The van der Waals surface area contributed by atoms with Crippen molar-refractivity contribution >= 4 is 28.1 Å². The molecule has 0 fully saturated rings. The summed E-state index contributed by atoms with van der Waals surface area (Å²) in [6.07, 6.45) is -3.82. The van der Waals surface area contributed by atoms with E-state index in [4.69, 9.17) is 0 Å². The minimum absolute atomic E-state index is 0.188. The topological polar surface area (TPSA) is 49.0 Å². The quantitative estimate of drug-likeness (QED) is 0.406. The Morgan fingerprint density at radius 1 is 1.10 bits per heavy atom. The highest BCUT2D eigenvalue weighted by atomic mass is 32.1. The Morgan fingerprint density at radius 3 is 2.61 bits per heavy atom. The van der Waals surface area contributed by atoms with E-state index in [-0.39, 0.29) is 11.7 Å². The molecule has 4 aromatic rings. The Bertz CT molecular complexity index is 1290. The van der Waals surface area contributed by atoms with Crippen molar-refractivity contribution in [1.82, 2.24) is 14.9 Å². The summed E-state index contributed by atoms with van der Waals surface area (Å²) in [5, 5.41) is 1.39. The van der Waals surface area contributed by atoms with Gasteiger partial charge in [-0.3, -0.25) is 4.79 Å². The summed E-state index contributed by atoms with van der Waals surface area (Å²) in [7, 11) is 0. The Morgan fingerprint density at radius 2 is 1.87 bits per heavy atom. The number of hydrogen-bond acceptors (Lipinski definition) is 3. The summed E-state index contributed by atoms with van der Waals surface area (Å²) in [6, 6.07) is 10.9. The number of thiazole rings is 1. The molecule has 1 N–H and O–H groups in total. The molecule has 158 valence electrons. The van der Waals surface area contributed by atoms with Crippen LogP contribution in [0, 0.1) is 5.82 Å². The van der Waals surface area contributed by atoms with E-state index in [2.05, 4.69) is 9.97 Å². The zero-order valence-electron chi connectivity index (χ0n) is 16.0. The summed E-state index contributed by atoms with van der Waals surface area (Å²) in [5.74, 6) is -0.567. The highest BCUT2D eigenvalue weighted by Crippen LogP contribution is 2.35. The fourth-order valence-electron chi connectivity index (χ4n) is 3.68. The third-order valence-electron chi connectivity index (χ3n) is 5.29. The standard InChI is InChI=1S/C22H15F4N3OS/c23-15-6-3-13-9-18(27-17(13)10-15)21(30)29-8-7-16-19(11-29)31-20(28-16)12-1-4-14(5-2-12)22(24,25)26/h1-6,9-10,27H,7-8,11H2. The minimum atomic E-state index is -4.38. The highest BCUT2D eigenvalue weighted by Gasteiger charge is 2.30. The number of aromatic amines is 1. The molecule has 5 rings (SSSR count). The third kappa shape index (κ3) is 3.69. The zero-order chi connectivity index (χ0) is 21.8. The zero-order valence-corrected chi connectivity index (χ0v) is 16.8. The second kappa shape index (κ2) is 7.19. The van der Waals surface area contributed by atoms with Crippen molar-refractivity contribution in [2.75, 3.05) is 6.54 Å². The number of H-pyrrole nitrogens is 1. The molecule has 0 radical (unpaired) electrons. The van der Waals surface area contributed by atoms with Crippen molar-refractivity contribution < 1.29 is 22.4 Å². The molecule has 9 heteroatoms. The largest absolute Gasteiger partial charge is 0.416 e. The predicted octanol–water partition coefficient (Wildman–Crippen LogP) is 5.65. The SMILES string of the molecule is O=C(c1cc2ccc(F)cc2[nH]1)N1CCc2nc(-c3ccc(C(F)(F)F)cc3)sc2C1. The second-order valence-electron chi connectivity index (χ2n) is 7.36. The number of nitrogens with zero attached hydrogens (tertiary/aromatic N) is 2. The fraction of sp³-hybridized carbons (Fsp3) is 0.182. The van der Waals surface area contributed by atoms with E-state index < -0.39 is 11.7 Å². The van der Waals surface area contributed by atoms with Crippen LogP contribution in [0.3, 0.4) is 0 Å². The van der Waals surface area contributed by atoms with Gasteiger partial charge in [-0.1, -0.05) is 12.1 Å². The Hall–Kier alpha value is -3.20. The lowest BCUT2D eigenvalue weighted by Gasteiger charge is -2.25. The molecule has 2 aromatic heterocycles. The molecule has 0 unspecified atom stereocenters. The number of nitrogens with one attached hydrogen (secondary N) is 1. The maximum absolute atomic E-state index is 13.4. The summed E-state index contributed by atoms with van der Waals surface area (Å²) in [5.41, 5.74) is 1.72. The molecule has 3 heterocycles. The molecule has 0 bridgehead atoms. The second-order valence-corrected chi connectivity index (χ2v) is 8.44. The molecule has 1 amide bonds. The fourth-order valence-corrected chi connectivity index (χ4v) is 4.81. The van der Waals surface area contributed by atoms with Gasteiger partial charge in [0.1, 0.15) is 16.5 Å². The van der Waals surface area contributed by atoms with Crippen molar-refractivity contribution in [1.29, 1.82) is 0 Å². The number of fused-ring (bicyclic) bond motifs is 2. The van der Waals surface area contributed by atoms with Gasteiger partial charge < -0.3 is 9.88 Å². The van der Waals surface area contributed by atoms with Crippen molar-refractivity contribution in [2.45, 2.75) is 19.1 Å². The molecular weight excluding hydrogens is 430 g/mol. The van der Waals surface area contributed by atoms with Gasteiger partial charge in [0.05, 0.1) is 17.8 Å². The average Bonchev–Trinajstić information content (AvgIpc) is 3.35. The maximum atomic E-state index is 13.4. The van der Waals surface area contributed by atoms with Crippen LogP contribution >= 0.6 is 11.3 Å². The molecule has 4 nitrogen and oxygen atoms in total. The van der Waals surface area contributed by atoms with Gasteiger partial charge in [0.2, 0.25) is 0 Å². The normalized spacial score (nSPS) is 14.1. The Kier molecular flexibility index (Phi) is 4.58. The molecular formula is C22H15F4N3OS. The van der Waals surface area contributed by atoms with Crippen molar-refractivity contribution in [3.63, 3.8) is 0 Å². The highest BCUT2D eigenvalue weighted by molar-refractivity contribution is 7.15. The van der Waals surface area contributed by atoms with Crippen molar-refractivity contribution in [3.8, 4) is 10.6 Å². The summed E-state index contributed by atoms with van der Waals surface area (Å²) >= 11 is 1.38. The molecule has 2 aromatic carbocycles. The van der Waals surface area contributed by atoms with E-state index >= 15 is 0 Å². The van der Waals surface area contributed by atoms with Gasteiger partial charge in [-0.2, -0.15) is 13.2 Å². The number of benzene rings is 2. The molecule has 0 aliphatic carbocycles. The summed E-state index contributed by atoms with van der Waals surface area (Å²) < 4.78 is 51.8. The summed E-state index contributed by atoms with van der Waals surface area (Å²) in [4.78, 5) is 23.1. The number of rotatable bonds is 2. The van der Waals surface area contributed by atoms with Gasteiger partial charge in [-0.05, 0) is 36.4 Å². The lowest BCUT2D eigenvalue weighted by molar-refractivity contribution is -0.137. The van der Waals surface area contributed by atoms with Gasteiger partial charge in [0.15, 0.2) is 0 Å². The first kappa shape index (κ1) is 19.7. The smallest absolute Gasteiger partial charge is 0.350 e. The predicted molar refractivity (Wildman–Crippen MR) is 109 cm³/mol. The molecule has 1 aliphatic rings. The monoisotopic (exact) mass is 445 g/mol. The van der Waals surface area contributed by atoms with Crippen LogP contribution < -0.4 is 0 Å². The Labute approximate surface area is 178 Å². The number of halogens is 4. The number of carbonyl (C=O) groups excluding carboxylic acids is 1. The van der Waals surface area contributed by atoms with Gasteiger partial charge in [-0.25, -0.2) is 9.37 Å². The number of hydrogen-bond donors (Lipinski definition) is 1. The van der Waals surface area contributed by atoms with Gasteiger partial charge in [0.25, 0.3) is 5.91 Å². The van der Waals surface area contributed by atoms with E-state index in [9.17, 15) is 22.4 Å². The third-order valence-corrected chi connectivity index (χ3v) is 6.42. The van der Waals surface area contributed by atoms with Gasteiger partial charge in [-0.15, -0.1) is 11.3 Å². The first-order valence-corrected chi connectivity index (χ1v) is 10.3. The van der Waals surface area contributed by atoms with Gasteiger partial charge in [0, 0.05) is 34.3 Å². The lowest BCUT2D eigenvalue weighted by Crippen LogP contribution is -2.35.